The summed E-state index contributed by atoms with van der Waals surface area (Å²) >= 11 is 0. The first-order valence-corrected chi connectivity index (χ1v) is 13.2. The summed E-state index contributed by atoms with van der Waals surface area (Å²) in [5.74, 6) is 0.936. The molecule has 4 aromatic rings. The average molecular weight is 512 g/mol. The van der Waals surface area contributed by atoms with Gasteiger partial charge in [0.2, 0.25) is 12.7 Å². The van der Waals surface area contributed by atoms with E-state index in [0.29, 0.717) is 43.1 Å². The first-order valence-electron chi connectivity index (χ1n) is 13.2. The number of hydrogen-bond donors (Lipinski definition) is 1. The molecule has 7 nitrogen and oxygen atoms in total. The van der Waals surface area contributed by atoms with Crippen LogP contribution in [0.25, 0.3) is 10.9 Å². The van der Waals surface area contributed by atoms with Crippen molar-refractivity contribution in [1.29, 1.82) is 0 Å². The van der Waals surface area contributed by atoms with Crippen molar-refractivity contribution in [3.05, 3.63) is 95.7 Å². The molecular formula is C31H33N3O4. The molecule has 3 aromatic carbocycles. The summed E-state index contributed by atoms with van der Waals surface area (Å²) in [4.78, 5) is 34.1. The summed E-state index contributed by atoms with van der Waals surface area (Å²) < 4.78 is 10.8. The first kappa shape index (κ1) is 25.4. The Hall–Kier alpha value is -4.26. The quantitative estimate of drug-likeness (QED) is 0.292. The number of fused-ring (bicyclic) bond motifs is 2. The number of nitrogens with zero attached hydrogens (tertiary/aromatic N) is 2. The minimum absolute atomic E-state index is 0.0218. The SMILES string of the molecule is CCCCN(CC(=O)N(CCc1c[nH]c2ccccc12)Cc1ccccc1)C(=O)c1ccc2c(c1)OCO2. The van der Waals surface area contributed by atoms with Crippen LogP contribution in [0.2, 0.25) is 0 Å². The van der Waals surface area contributed by atoms with Gasteiger partial charge in [0.15, 0.2) is 11.5 Å². The number of carbonyl (C=O) groups is 2. The maximum atomic E-state index is 13.7. The predicted molar refractivity (Wildman–Crippen MR) is 147 cm³/mol. The van der Waals surface area contributed by atoms with Crippen molar-refractivity contribution in [2.45, 2.75) is 32.7 Å². The number of ether oxygens (including phenoxy) is 2. The van der Waals surface area contributed by atoms with Crippen LogP contribution in [0.5, 0.6) is 11.5 Å². The number of hydrogen-bond acceptors (Lipinski definition) is 4. The number of nitrogens with one attached hydrogen (secondary N) is 1. The van der Waals surface area contributed by atoms with Crippen LogP contribution < -0.4 is 9.47 Å². The van der Waals surface area contributed by atoms with E-state index in [4.69, 9.17) is 9.47 Å². The molecule has 0 radical (unpaired) electrons. The molecule has 2 heterocycles. The number of carbonyl (C=O) groups excluding carboxylic acids is 2. The van der Waals surface area contributed by atoms with Crippen molar-refractivity contribution in [2.75, 3.05) is 26.4 Å². The van der Waals surface area contributed by atoms with E-state index >= 15 is 0 Å². The van der Waals surface area contributed by atoms with E-state index < -0.39 is 0 Å². The van der Waals surface area contributed by atoms with Gasteiger partial charge in [-0.25, -0.2) is 0 Å². The van der Waals surface area contributed by atoms with E-state index in [-0.39, 0.29) is 25.2 Å². The summed E-state index contributed by atoms with van der Waals surface area (Å²) in [6, 6.07) is 23.4. The fourth-order valence-electron chi connectivity index (χ4n) is 4.77. The zero-order chi connectivity index (χ0) is 26.3. The van der Waals surface area contributed by atoms with E-state index in [1.54, 1.807) is 23.1 Å². The molecule has 38 heavy (non-hydrogen) atoms. The van der Waals surface area contributed by atoms with Crippen molar-refractivity contribution in [2.24, 2.45) is 0 Å². The Balaban J connectivity index is 1.34. The maximum absolute atomic E-state index is 13.7. The largest absolute Gasteiger partial charge is 0.454 e. The highest BCUT2D eigenvalue weighted by atomic mass is 16.7. The lowest BCUT2D eigenvalue weighted by atomic mass is 10.1. The molecule has 0 bridgehead atoms. The number of benzene rings is 3. The van der Waals surface area contributed by atoms with Crippen LogP contribution in [0, 0.1) is 0 Å². The van der Waals surface area contributed by atoms with E-state index in [9.17, 15) is 9.59 Å². The van der Waals surface area contributed by atoms with E-state index in [1.165, 1.54) is 10.9 Å². The fourth-order valence-corrected chi connectivity index (χ4v) is 4.77. The highest BCUT2D eigenvalue weighted by Gasteiger charge is 2.24. The smallest absolute Gasteiger partial charge is 0.254 e. The molecule has 2 amide bonds. The molecule has 0 atom stereocenters. The summed E-state index contributed by atoms with van der Waals surface area (Å²) in [5.41, 5.74) is 3.81. The summed E-state index contributed by atoms with van der Waals surface area (Å²) in [6.07, 6.45) is 4.48. The second-order valence-electron chi connectivity index (χ2n) is 9.56. The number of aromatic nitrogens is 1. The van der Waals surface area contributed by atoms with Crippen molar-refractivity contribution >= 4 is 22.7 Å². The number of amides is 2. The molecule has 7 heteroatoms. The van der Waals surface area contributed by atoms with Gasteiger partial charge in [0.1, 0.15) is 6.54 Å². The maximum Gasteiger partial charge on any atom is 0.254 e. The van der Waals surface area contributed by atoms with Gasteiger partial charge in [0, 0.05) is 42.3 Å². The van der Waals surface area contributed by atoms with Gasteiger partial charge in [-0.1, -0.05) is 61.9 Å². The highest BCUT2D eigenvalue weighted by molar-refractivity contribution is 5.97. The molecule has 0 unspecified atom stereocenters. The molecule has 196 valence electrons. The van der Waals surface area contributed by atoms with Gasteiger partial charge in [0.25, 0.3) is 5.91 Å². The number of para-hydroxylation sites is 1. The van der Waals surface area contributed by atoms with Crippen molar-refractivity contribution in [3.8, 4) is 11.5 Å². The van der Waals surface area contributed by atoms with Gasteiger partial charge >= 0.3 is 0 Å². The zero-order valence-electron chi connectivity index (χ0n) is 21.7. The van der Waals surface area contributed by atoms with Crippen LogP contribution in [-0.2, 0) is 17.8 Å². The third kappa shape index (κ3) is 5.83. The van der Waals surface area contributed by atoms with E-state index in [2.05, 4.69) is 24.0 Å². The standard InChI is InChI=1S/C31H33N3O4/c1-2-3-16-34(31(36)24-13-14-28-29(18-24)38-22-37-28)21-30(35)33(20-23-9-5-4-6-10-23)17-15-25-19-32-27-12-8-7-11-26(25)27/h4-14,18-19,32H,2-3,15-17,20-22H2,1H3. The predicted octanol–water partition coefficient (Wildman–Crippen LogP) is 5.41. The highest BCUT2D eigenvalue weighted by Crippen LogP contribution is 2.33. The number of unbranched alkanes of at least 4 members (excludes halogenated alkanes) is 1. The minimum atomic E-state index is -0.179. The van der Waals surface area contributed by atoms with Crippen molar-refractivity contribution in [3.63, 3.8) is 0 Å². The van der Waals surface area contributed by atoms with Crippen LogP contribution >= 0.6 is 0 Å². The molecular weight excluding hydrogens is 478 g/mol. The molecule has 0 saturated carbocycles. The summed E-state index contributed by atoms with van der Waals surface area (Å²) in [5, 5.41) is 1.17. The Morgan fingerprint density at radius 1 is 0.895 bits per heavy atom. The summed E-state index contributed by atoms with van der Waals surface area (Å²) in [7, 11) is 0. The van der Waals surface area contributed by atoms with Crippen LogP contribution in [-0.4, -0.2) is 53.0 Å². The topological polar surface area (TPSA) is 74.9 Å². The minimum Gasteiger partial charge on any atom is -0.454 e. The van der Waals surface area contributed by atoms with Crippen LogP contribution in [0.4, 0.5) is 0 Å². The Morgan fingerprint density at radius 3 is 2.53 bits per heavy atom. The van der Waals surface area contributed by atoms with Gasteiger partial charge in [-0.15, -0.1) is 0 Å². The summed E-state index contributed by atoms with van der Waals surface area (Å²) in [6.45, 7) is 3.80. The molecule has 0 aliphatic carbocycles. The third-order valence-electron chi connectivity index (χ3n) is 6.91. The van der Waals surface area contributed by atoms with Crippen molar-refractivity contribution in [1.82, 2.24) is 14.8 Å². The Morgan fingerprint density at radius 2 is 1.68 bits per heavy atom. The van der Waals surface area contributed by atoms with Crippen LogP contribution in [0.1, 0.15) is 41.3 Å². The lowest BCUT2D eigenvalue weighted by Crippen LogP contribution is -2.43. The molecule has 1 aromatic heterocycles. The normalized spacial score (nSPS) is 12.0. The molecule has 5 rings (SSSR count). The first-order chi connectivity index (χ1) is 18.6. The van der Waals surface area contributed by atoms with Crippen LogP contribution in [0.3, 0.4) is 0 Å². The molecule has 1 aliphatic rings. The van der Waals surface area contributed by atoms with E-state index in [1.807, 2.05) is 53.6 Å². The second-order valence-corrected chi connectivity index (χ2v) is 9.56. The average Bonchev–Trinajstić information content (AvgIpc) is 3.60. The van der Waals surface area contributed by atoms with Gasteiger partial charge in [0.05, 0.1) is 0 Å². The Labute approximate surface area is 223 Å². The van der Waals surface area contributed by atoms with Crippen molar-refractivity contribution < 1.29 is 19.1 Å². The molecule has 0 fully saturated rings. The monoisotopic (exact) mass is 511 g/mol. The van der Waals surface area contributed by atoms with Gasteiger partial charge in [-0.05, 0) is 48.2 Å². The fraction of sp³-hybridized carbons (Fsp3) is 0.290. The lowest BCUT2D eigenvalue weighted by Gasteiger charge is -2.28. The zero-order valence-corrected chi connectivity index (χ0v) is 21.7. The third-order valence-corrected chi connectivity index (χ3v) is 6.91. The second kappa shape index (κ2) is 11.9. The van der Waals surface area contributed by atoms with Gasteiger partial charge in [-0.2, -0.15) is 0 Å². The molecule has 1 aliphatic heterocycles. The lowest BCUT2D eigenvalue weighted by molar-refractivity contribution is -0.132. The van der Waals surface area contributed by atoms with Gasteiger partial charge in [-0.3, -0.25) is 9.59 Å². The molecule has 1 N–H and O–H groups in total. The molecule has 0 saturated heterocycles. The number of aromatic amines is 1. The van der Waals surface area contributed by atoms with Crippen LogP contribution in [0.15, 0.2) is 79.0 Å². The molecule has 0 spiro atoms. The Kier molecular flexibility index (Phi) is 7.92. The Bertz CT molecular complexity index is 1400. The number of rotatable bonds is 11. The number of H-pyrrole nitrogens is 1. The van der Waals surface area contributed by atoms with E-state index in [0.717, 1.165) is 23.9 Å². The van der Waals surface area contributed by atoms with Gasteiger partial charge < -0.3 is 24.3 Å².